The molecule has 0 aliphatic carbocycles. The van der Waals surface area contributed by atoms with E-state index >= 15 is 0 Å². The minimum atomic E-state index is -1.57. The SMILES string of the molecule is Cc1cc(CN[C@@](C)(CO)C(=O)O)c(OCc2cncc(C#N)c2)cc1OCc1cccc(-c2ccc3c(c2)OCCO3)c1C#N. The molecule has 0 amide bonds. The van der Waals surface area contributed by atoms with Crippen molar-refractivity contribution in [2.24, 2.45) is 0 Å². The number of aliphatic hydroxyl groups excluding tert-OH is 1. The second kappa shape index (κ2) is 14.0. The molecular formula is C35H32N4O7. The van der Waals surface area contributed by atoms with Crippen molar-refractivity contribution in [1.29, 1.82) is 10.5 Å². The average Bonchev–Trinajstić information content (AvgIpc) is 3.09. The minimum absolute atomic E-state index is 0.0758. The van der Waals surface area contributed by atoms with Crippen LogP contribution >= 0.6 is 0 Å². The zero-order valence-corrected chi connectivity index (χ0v) is 25.4. The summed E-state index contributed by atoms with van der Waals surface area (Å²) in [7, 11) is 0. The smallest absolute Gasteiger partial charge is 0.326 e. The normalized spacial score (nSPS) is 13.2. The van der Waals surface area contributed by atoms with E-state index in [9.17, 15) is 25.5 Å². The number of aromatic nitrogens is 1. The van der Waals surface area contributed by atoms with Crippen molar-refractivity contribution in [3.8, 4) is 46.3 Å². The van der Waals surface area contributed by atoms with Crippen LogP contribution in [0.3, 0.4) is 0 Å². The first-order valence-corrected chi connectivity index (χ1v) is 14.5. The molecule has 1 aliphatic rings. The van der Waals surface area contributed by atoms with E-state index in [1.165, 1.54) is 13.1 Å². The van der Waals surface area contributed by atoms with Crippen molar-refractivity contribution in [2.45, 2.75) is 39.1 Å². The topological polar surface area (TPSA) is 167 Å². The first-order chi connectivity index (χ1) is 22.2. The second-order valence-electron chi connectivity index (χ2n) is 11.0. The number of aliphatic carboxylic acids is 1. The number of fused-ring (bicyclic) bond motifs is 1. The van der Waals surface area contributed by atoms with Crippen LogP contribution in [0.15, 0.2) is 67.0 Å². The summed E-state index contributed by atoms with van der Waals surface area (Å²) in [5.74, 6) is 1.01. The van der Waals surface area contributed by atoms with E-state index in [0.29, 0.717) is 64.0 Å². The van der Waals surface area contributed by atoms with Crippen molar-refractivity contribution in [1.82, 2.24) is 10.3 Å². The Kier molecular flexibility index (Phi) is 9.67. The van der Waals surface area contributed by atoms with Gasteiger partial charge in [0.15, 0.2) is 11.5 Å². The highest BCUT2D eigenvalue weighted by Gasteiger charge is 2.32. The molecule has 0 fully saturated rings. The molecule has 3 aromatic carbocycles. The molecule has 0 bridgehead atoms. The van der Waals surface area contributed by atoms with Gasteiger partial charge in [0.05, 0.1) is 17.7 Å². The van der Waals surface area contributed by atoms with Crippen LogP contribution in [0.5, 0.6) is 23.0 Å². The Labute approximate surface area is 266 Å². The first kappa shape index (κ1) is 31.8. The maximum atomic E-state index is 11.8. The Morgan fingerprint density at radius 2 is 1.76 bits per heavy atom. The highest BCUT2D eigenvalue weighted by atomic mass is 16.6. The van der Waals surface area contributed by atoms with E-state index in [1.54, 1.807) is 18.3 Å². The fraction of sp³-hybridized carbons (Fsp3) is 0.257. The summed E-state index contributed by atoms with van der Waals surface area (Å²) in [5.41, 5.74) is 3.58. The lowest BCUT2D eigenvalue weighted by molar-refractivity contribution is -0.145. The van der Waals surface area contributed by atoms with E-state index in [0.717, 1.165) is 16.7 Å². The molecule has 0 saturated carbocycles. The van der Waals surface area contributed by atoms with E-state index in [1.807, 2.05) is 49.4 Å². The van der Waals surface area contributed by atoms with Gasteiger partial charge in [0.25, 0.3) is 0 Å². The molecule has 11 heteroatoms. The highest BCUT2D eigenvalue weighted by molar-refractivity contribution is 5.78. The molecule has 4 aromatic rings. The Hall–Kier alpha value is -5.62. The van der Waals surface area contributed by atoms with Gasteiger partial charge in [0, 0.05) is 41.7 Å². The zero-order chi connectivity index (χ0) is 32.7. The standard InChI is InChI=1S/C35H32N4O7/c1-22-10-27(18-39-35(2,21-40)34(41)42)32(45-19-24-11-23(14-36)16-38-17-24)13-31(22)46-20-26-4-3-5-28(29(26)15-37)25-6-7-30-33(12-25)44-9-8-43-30/h3-7,10-13,16-17,39-40H,8-9,18-21H2,1-2H3,(H,41,42)/t35-/m0/s1. The average molecular weight is 621 g/mol. The lowest BCUT2D eigenvalue weighted by atomic mass is 9.96. The monoisotopic (exact) mass is 620 g/mol. The zero-order valence-electron chi connectivity index (χ0n) is 25.4. The van der Waals surface area contributed by atoms with Crippen LogP contribution in [0.2, 0.25) is 0 Å². The van der Waals surface area contributed by atoms with Gasteiger partial charge in [-0.1, -0.05) is 24.3 Å². The van der Waals surface area contributed by atoms with Gasteiger partial charge < -0.3 is 29.2 Å². The maximum absolute atomic E-state index is 11.8. The van der Waals surface area contributed by atoms with Crippen LogP contribution in [0.4, 0.5) is 0 Å². The molecule has 1 aromatic heterocycles. The summed E-state index contributed by atoms with van der Waals surface area (Å²) in [6.07, 6.45) is 3.05. The summed E-state index contributed by atoms with van der Waals surface area (Å²) < 4.78 is 23.8. The number of hydrogen-bond donors (Lipinski definition) is 3. The molecule has 11 nitrogen and oxygen atoms in total. The third kappa shape index (κ3) is 7.02. The van der Waals surface area contributed by atoms with Crippen molar-refractivity contribution >= 4 is 5.97 Å². The van der Waals surface area contributed by atoms with Gasteiger partial charge in [-0.2, -0.15) is 10.5 Å². The van der Waals surface area contributed by atoms with Gasteiger partial charge in [-0.15, -0.1) is 0 Å². The number of rotatable bonds is 12. The molecule has 2 heterocycles. The molecule has 46 heavy (non-hydrogen) atoms. The summed E-state index contributed by atoms with van der Waals surface area (Å²) >= 11 is 0. The van der Waals surface area contributed by atoms with Crippen molar-refractivity contribution in [2.75, 3.05) is 19.8 Å². The summed E-state index contributed by atoms with van der Waals surface area (Å²) in [6, 6.07) is 20.7. The van der Waals surface area contributed by atoms with Crippen molar-refractivity contribution in [3.63, 3.8) is 0 Å². The molecule has 0 radical (unpaired) electrons. The third-order valence-corrected chi connectivity index (χ3v) is 7.63. The Balaban J connectivity index is 1.41. The lowest BCUT2D eigenvalue weighted by Gasteiger charge is -2.25. The van der Waals surface area contributed by atoms with E-state index in [2.05, 4.69) is 22.4 Å². The Morgan fingerprint density at radius 3 is 2.50 bits per heavy atom. The number of aliphatic hydroxyl groups is 1. The molecule has 1 aliphatic heterocycles. The quantitative estimate of drug-likeness (QED) is 0.202. The largest absolute Gasteiger partial charge is 0.488 e. The molecule has 3 N–H and O–H groups in total. The lowest BCUT2D eigenvalue weighted by Crippen LogP contribution is -2.52. The number of nitrogens with zero attached hydrogens (tertiary/aromatic N) is 3. The van der Waals surface area contributed by atoms with Crippen LogP contribution in [0, 0.1) is 29.6 Å². The molecule has 0 spiro atoms. The number of carboxylic acid groups (broad SMARTS) is 1. The molecule has 5 rings (SSSR count). The van der Waals surface area contributed by atoms with Crippen LogP contribution in [-0.2, 0) is 24.6 Å². The number of nitrogens with one attached hydrogen (secondary N) is 1. The Morgan fingerprint density at radius 1 is 0.978 bits per heavy atom. The highest BCUT2D eigenvalue weighted by Crippen LogP contribution is 2.37. The Bertz CT molecular complexity index is 1850. The van der Waals surface area contributed by atoms with Crippen LogP contribution < -0.4 is 24.3 Å². The van der Waals surface area contributed by atoms with Gasteiger partial charge in [-0.3, -0.25) is 15.1 Å². The maximum Gasteiger partial charge on any atom is 0.326 e. The number of benzene rings is 3. The van der Waals surface area contributed by atoms with Crippen molar-refractivity contribution < 1.29 is 34.0 Å². The van der Waals surface area contributed by atoms with E-state index in [-0.39, 0.29) is 19.8 Å². The van der Waals surface area contributed by atoms with Crippen LogP contribution in [0.25, 0.3) is 11.1 Å². The van der Waals surface area contributed by atoms with Crippen LogP contribution in [-0.4, -0.2) is 46.5 Å². The third-order valence-electron chi connectivity index (χ3n) is 7.63. The van der Waals surface area contributed by atoms with Gasteiger partial charge in [-0.25, -0.2) is 0 Å². The van der Waals surface area contributed by atoms with E-state index < -0.39 is 18.1 Å². The number of hydrogen-bond acceptors (Lipinski definition) is 10. The molecule has 0 unspecified atom stereocenters. The molecular weight excluding hydrogens is 588 g/mol. The minimum Gasteiger partial charge on any atom is -0.488 e. The van der Waals surface area contributed by atoms with Crippen molar-refractivity contribution in [3.05, 3.63) is 100 Å². The van der Waals surface area contributed by atoms with Gasteiger partial charge in [-0.05, 0) is 54.8 Å². The van der Waals surface area contributed by atoms with E-state index in [4.69, 9.17) is 18.9 Å². The number of carbonyl (C=O) groups is 1. The first-order valence-electron chi connectivity index (χ1n) is 14.5. The number of pyridine rings is 1. The number of carboxylic acids is 1. The summed E-state index contributed by atoms with van der Waals surface area (Å²) in [5, 5.41) is 41.6. The fourth-order valence-electron chi connectivity index (χ4n) is 4.89. The van der Waals surface area contributed by atoms with Gasteiger partial charge in [0.1, 0.15) is 55.6 Å². The number of nitriles is 2. The second-order valence-corrected chi connectivity index (χ2v) is 11.0. The molecule has 1 atom stereocenters. The predicted molar refractivity (Wildman–Crippen MR) is 166 cm³/mol. The molecule has 0 saturated heterocycles. The predicted octanol–water partition coefficient (Wildman–Crippen LogP) is 4.65. The fourth-order valence-corrected chi connectivity index (χ4v) is 4.89. The number of aryl methyl sites for hydroxylation is 1. The number of ether oxygens (including phenoxy) is 4. The van der Waals surface area contributed by atoms with Gasteiger partial charge in [0.2, 0.25) is 0 Å². The summed E-state index contributed by atoms with van der Waals surface area (Å²) in [4.78, 5) is 15.8. The van der Waals surface area contributed by atoms with Gasteiger partial charge >= 0.3 is 5.97 Å². The molecule has 234 valence electrons. The summed E-state index contributed by atoms with van der Waals surface area (Å²) in [6.45, 7) is 3.83. The van der Waals surface area contributed by atoms with Crippen LogP contribution in [0.1, 0.15) is 40.3 Å².